The summed E-state index contributed by atoms with van der Waals surface area (Å²) < 4.78 is 0. The van der Waals surface area contributed by atoms with Crippen LogP contribution in [0, 0.1) is 0 Å². The average molecular weight is 332 g/mol. The molecule has 0 radical (unpaired) electrons. The van der Waals surface area contributed by atoms with Gasteiger partial charge in [0.1, 0.15) is 5.01 Å². The number of benzene rings is 1. The van der Waals surface area contributed by atoms with E-state index in [2.05, 4.69) is 48.4 Å². The lowest BCUT2D eigenvalue weighted by Gasteiger charge is -2.18. The fourth-order valence-corrected chi connectivity index (χ4v) is 2.67. The van der Waals surface area contributed by atoms with Gasteiger partial charge in [-0.25, -0.2) is 0 Å². The van der Waals surface area contributed by atoms with Crippen molar-refractivity contribution in [2.75, 3.05) is 5.32 Å². The van der Waals surface area contributed by atoms with Gasteiger partial charge in [-0.05, 0) is 17.4 Å². The van der Waals surface area contributed by atoms with Gasteiger partial charge in [0.05, 0.1) is 0 Å². The summed E-state index contributed by atoms with van der Waals surface area (Å²) in [4.78, 5) is 21.9. The Hall–Kier alpha value is -2.28. The Morgan fingerprint density at radius 2 is 1.78 bits per heavy atom. The third-order valence-corrected chi connectivity index (χ3v) is 4.11. The summed E-state index contributed by atoms with van der Waals surface area (Å²) in [6.07, 6.45) is -0.455. The molecule has 0 aliphatic rings. The molecule has 0 fully saturated rings. The molecule has 1 amide bonds. The monoisotopic (exact) mass is 332 g/mol. The number of rotatable bonds is 5. The quantitative estimate of drug-likeness (QED) is 0.903. The van der Waals surface area contributed by atoms with Crippen molar-refractivity contribution in [2.24, 2.45) is 0 Å². The first kappa shape index (κ1) is 17.1. The number of carbonyl (C=O) groups excluding carboxylic acids is 2. The molecule has 1 heterocycles. The molecule has 0 atom stereocenters. The van der Waals surface area contributed by atoms with Gasteiger partial charge < -0.3 is 15.2 Å². The number of carbonyl (C=O) groups is 2. The van der Waals surface area contributed by atoms with Crippen LogP contribution in [0.1, 0.15) is 39.2 Å². The molecule has 1 aromatic heterocycles. The van der Waals surface area contributed by atoms with Crippen molar-refractivity contribution in [3.8, 4) is 10.6 Å². The second kappa shape index (κ2) is 6.87. The normalized spacial score (nSPS) is 11.3. The fourth-order valence-electron chi connectivity index (χ4n) is 1.90. The smallest absolute Gasteiger partial charge is 0.226 e. The maximum Gasteiger partial charge on any atom is 0.226 e. The summed E-state index contributed by atoms with van der Waals surface area (Å²) in [5, 5.41) is 21.9. The van der Waals surface area contributed by atoms with Crippen LogP contribution < -0.4 is 10.4 Å². The molecule has 1 N–H and O–H groups in total. The lowest BCUT2D eigenvalue weighted by molar-refractivity contribution is -0.305. The maximum absolute atomic E-state index is 11.6. The van der Waals surface area contributed by atoms with Gasteiger partial charge in [-0.1, -0.05) is 56.4 Å². The molecule has 0 bridgehead atoms. The summed E-state index contributed by atoms with van der Waals surface area (Å²) in [7, 11) is 0. The van der Waals surface area contributed by atoms with Crippen molar-refractivity contribution >= 4 is 28.3 Å². The molecule has 0 saturated carbocycles. The molecule has 0 aliphatic heterocycles. The van der Waals surface area contributed by atoms with Crippen LogP contribution in [-0.4, -0.2) is 22.1 Å². The van der Waals surface area contributed by atoms with Gasteiger partial charge in [-0.2, -0.15) is 0 Å². The second-order valence-corrected chi connectivity index (χ2v) is 7.14. The Morgan fingerprint density at radius 3 is 2.35 bits per heavy atom. The molecule has 0 aliphatic carbocycles. The molecule has 6 nitrogen and oxygen atoms in total. The highest BCUT2D eigenvalue weighted by molar-refractivity contribution is 7.18. The van der Waals surface area contributed by atoms with Crippen LogP contribution >= 0.6 is 11.3 Å². The third-order valence-electron chi connectivity index (χ3n) is 3.23. The van der Waals surface area contributed by atoms with Gasteiger partial charge in [0, 0.05) is 18.0 Å². The van der Waals surface area contributed by atoms with Crippen molar-refractivity contribution in [3.05, 3.63) is 29.8 Å². The minimum absolute atomic E-state index is 0.0811. The summed E-state index contributed by atoms with van der Waals surface area (Å²) in [5.74, 6) is -1.67. The summed E-state index contributed by atoms with van der Waals surface area (Å²) in [6, 6.07) is 8.05. The predicted octanol–water partition coefficient (Wildman–Crippen LogP) is 1.97. The van der Waals surface area contributed by atoms with Crippen LogP contribution in [0.15, 0.2) is 24.3 Å². The third kappa shape index (κ3) is 4.85. The van der Waals surface area contributed by atoms with Crippen molar-refractivity contribution in [2.45, 2.75) is 39.0 Å². The van der Waals surface area contributed by atoms with E-state index in [-0.39, 0.29) is 18.3 Å². The standard InChI is InChI=1S/C16H19N3O3S/c1-16(2,3)11-6-4-10(5-7-11)14-18-19-15(23-14)17-12(20)8-9-13(21)22/h4-7H,8-9H2,1-3H3,(H,21,22)(H,17,19,20)/p-1. The fraction of sp³-hybridized carbons (Fsp3) is 0.375. The lowest BCUT2D eigenvalue weighted by atomic mass is 9.87. The Labute approximate surface area is 138 Å². The predicted molar refractivity (Wildman–Crippen MR) is 86.9 cm³/mol. The van der Waals surface area contributed by atoms with E-state index in [1.54, 1.807) is 0 Å². The van der Waals surface area contributed by atoms with Crippen molar-refractivity contribution in [1.29, 1.82) is 0 Å². The van der Waals surface area contributed by atoms with E-state index in [9.17, 15) is 14.7 Å². The molecule has 0 spiro atoms. The van der Waals surface area contributed by atoms with E-state index in [0.29, 0.717) is 10.1 Å². The van der Waals surface area contributed by atoms with E-state index in [0.717, 1.165) is 5.56 Å². The SMILES string of the molecule is CC(C)(C)c1ccc(-c2nnc(NC(=O)CCC(=O)[O-])s2)cc1. The average Bonchev–Trinajstić information content (AvgIpc) is 2.93. The molecule has 0 unspecified atom stereocenters. The number of nitrogens with zero attached hydrogens (tertiary/aromatic N) is 2. The van der Waals surface area contributed by atoms with E-state index in [4.69, 9.17) is 0 Å². The zero-order valence-corrected chi connectivity index (χ0v) is 14.1. The number of hydrogen-bond donors (Lipinski definition) is 1. The first-order chi connectivity index (χ1) is 10.8. The first-order valence-electron chi connectivity index (χ1n) is 7.20. The summed E-state index contributed by atoms with van der Waals surface area (Å²) >= 11 is 1.24. The Balaban J connectivity index is 2.04. The van der Waals surface area contributed by atoms with Crippen LogP contribution in [0.3, 0.4) is 0 Å². The molecule has 122 valence electrons. The van der Waals surface area contributed by atoms with Gasteiger partial charge in [-0.15, -0.1) is 10.2 Å². The number of amides is 1. The largest absolute Gasteiger partial charge is 0.550 e. The van der Waals surface area contributed by atoms with Gasteiger partial charge >= 0.3 is 0 Å². The number of anilines is 1. The zero-order chi connectivity index (χ0) is 17.0. The zero-order valence-electron chi connectivity index (χ0n) is 13.3. The highest BCUT2D eigenvalue weighted by Crippen LogP contribution is 2.29. The number of hydrogen-bond acceptors (Lipinski definition) is 6. The summed E-state index contributed by atoms with van der Waals surface area (Å²) in [6.45, 7) is 6.44. The topological polar surface area (TPSA) is 95.0 Å². The van der Waals surface area contributed by atoms with Crippen molar-refractivity contribution < 1.29 is 14.7 Å². The van der Waals surface area contributed by atoms with E-state index < -0.39 is 11.9 Å². The van der Waals surface area contributed by atoms with Crippen molar-refractivity contribution in [3.63, 3.8) is 0 Å². The molecule has 2 aromatic rings. The number of aromatic nitrogens is 2. The van der Waals surface area contributed by atoms with Gasteiger partial charge in [0.15, 0.2) is 0 Å². The molecule has 1 aromatic carbocycles. The van der Waals surface area contributed by atoms with Crippen LogP contribution in [-0.2, 0) is 15.0 Å². The number of aliphatic carboxylic acids is 1. The van der Waals surface area contributed by atoms with Crippen molar-refractivity contribution in [1.82, 2.24) is 10.2 Å². The van der Waals surface area contributed by atoms with Crippen LogP contribution in [0.4, 0.5) is 5.13 Å². The molecule has 7 heteroatoms. The first-order valence-corrected chi connectivity index (χ1v) is 8.01. The molecule has 0 saturated heterocycles. The number of nitrogens with one attached hydrogen (secondary N) is 1. The Bertz CT molecular complexity index is 702. The molecule has 2 rings (SSSR count). The molecule has 23 heavy (non-hydrogen) atoms. The lowest BCUT2D eigenvalue weighted by Crippen LogP contribution is -2.24. The van der Waals surface area contributed by atoms with E-state index >= 15 is 0 Å². The Morgan fingerprint density at radius 1 is 1.13 bits per heavy atom. The van der Waals surface area contributed by atoms with E-state index in [1.165, 1.54) is 16.9 Å². The Kier molecular flexibility index (Phi) is 5.10. The van der Waals surface area contributed by atoms with Gasteiger partial charge in [-0.3, -0.25) is 4.79 Å². The van der Waals surface area contributed by atoms with Crippen LogP contribution in [0.25, 0.3) is 10.6 Å². The van der Waals surface area contributed by atoms with Gasteiger partial charge in [0.2, 0.25) is 11.0 Å². The highest BCUT2D eigenvalue weighted by atomic mass is 32.1. The van der Waals surface area contributed by atoms with Crippen LogP contribution in [0.2, 0.25) is 0 Å². The molecular weight excluding hydrogens is 314 g/mol. The number of carboxylic acid groups (broad SMARTS) is 1. The summed E-state index contributed by atoms with van der Waals surface area (Å²) in [5.41, 5.74) is 2.23. The van der Waals surface area contributed by atoms with Crippen LogP contribution in [0.5, 0.6) is 0 Å². The minimum Gasteiger partial charge on any atom is -0.550 e. The molecular formula is C16H18N3O3S-. The minimum atomic E-state index is -1.25. The van der Waals surface area contributed by atoms with Gasteiger partial charge in [0.25, 0.3) is 0 Å². The number of carboxylic acids is 1. The van der Waals surface area contributed by atoms with E-state index in [1.807, 2.05) is 12.1 Å². The highest BCUT2D eigenvalue weighted by Gasteiger charge is 2.14. The second-order valence-electron chi connectivity index (χ2n) is 6.16. The maximum atomic E-state index is 11.6.